The van der Waals surface area contributed by atoms with Gasteiger partial charge in [-0.2, -0.15) is 0 Å². The van der Waals surface area contributed by atoms with E-state index in [9.17, 15) is 14.4 Å². The van der Waals surface area contributed by atoms with Crippen LogP contribution in [0.4, 0.5) is 11.4 Å². The molecule has 0 spiro atoms. The van der Waals surface area contributed by atoms with Crippen LogP contribution in [0.3, 0.4) is 0 Å². The number of nitrogens with zero attached hydrogens (tertiary/aromatic N) is 1. The third kappa shape index (κ3) is 4.81. The minimum atomic E-state index is -0.825. The van der Waals surface area contributed by atoms with E-state index >= 15 is 0 Å². The van der Waals surface area contributed by atoms with Crippen LogP contribution < -0.4 is 10.2 Å². The van der Waals surface area contributed by atoms with E-state index in [1.54, 1.807) is 61.5 Å². The first-order valence-corrected chi connectivity index (χ1v) is 12.1. The van der Waals surface area contributed by atoms with Crippen LogP contribution in [0.5, 0.6) is 0 Å². The zero-order valence-corrected chi connectivity index (χ0v) is 20.3. The molecule has 2 amide bonds. The number of halogens is 1. The van der Waals surface area contributed by atoms with Crippen LogP contribution in [0.25, 0.3) is 0 Å². The van der Waals surface area contributed by atoms with Crippen LogP contribution in [0.2, 0.25) is 5.02 Å². The smallest absolute Gasteiger partial charge is 0.338 e. The number of fused-ring (bicyclic) bond motifs is 2. The lowest BCUT2D eigenvalue weighted by Gasteiger charge is -2.30. The number of ether oxygens (including phenoxy) is 1. The van der Waals surface area contributed by atoms with Gasteiger partial charge in [-0.05, 0) is 61.9 Å². The maximum absolute atomic E-state index is 13.8. The van der Waals surface area contributed by atoms with Gasteiger partial charge in [0, 0.05) is 20.5 Å². The Bertz CT molecular complexity index is 1260. The highest BCUT2D eigenvalue weighted by atomic mass is 35.5. The first-order valence-electron chi connectivity index (χ1n) is 10.9. The summed E-state index contributed by atoms with van der Waals surface area (Å²) >= 11 is 7.50. The number of nitrogens with one attached hydrogen (secondary N) is 1. The second-order valence-corrected chi connectivity index (χ2v) is 9.12. The molecule has 1 unspecified atom stereocenters. The molecule has 8 heteroatoms. The zero-order valence-electron chi connectivity index (χ0n) is 18.7. The zero-order chi connectivity index (χ0) is 24.2. The number of esters is 1. The van der Waals surface area contributed by atoms with E-state index in [1.807, 2.05) is 19.1 Å². The highest BCUT2D eigenvalue weighted by molar-refractivity contribution is 7.99. The molecule has 1 aliphatic rings. The van der Waals surface area contributed by atoms with Gasteiger partial charge in [-0.1, -0.05) is 48.5 Å². The van der Waals surface area contributed by atoms with Crippen LogP contribution in [-0.2, 0) is 9.53 Å². The Morgan fingerprint density at radius 3 is 2.56 bits per heavy atom. The van der Waals surface area contributed by atoms with Gasteiger partial charge in [0.05, 0.1) is 23.4 Å². The molecule has 0 aliphatic carbocycles. The molecule has 1 atom stereocenters. The Labute approximate surface area is 207 Å². The fourth-order valence-corrected chi connectivity index (χ4v) is 5.05. The van der Waals surface area contributed by atoms with Crippen molar-refractivity contribution in [1.29, 1.82) is 0 Å². The summed E-state index contributed by atoms with van der Waals surface area (Å²) in [6.45, 7) is 3.81. The van der Waals surface area contributed by atoms with Gasteiger partial charge in [0.1, 0.15) is 6.04 Å². The van der Waals surface area contributed by atoms with Crippen molar-refractivity contribution < 1.29 is 19.1 Å². The van der Waals surface area contributed by atoms with Gasteiger partial charge in [0.15, 0.2) is 0 Å². The van der Waals surface area contributed by atoms with E-state index in [4.69, 9.17) is 16.3 Å². The molecular weight excluding hydrogens is 472 g/mol. The monoisotopic (exact) mass is 494 g/mol. The van der Waals surface area contributed by atoms with Crippen molar-refractivity contribution in [3.05, 3.63) is 82.9 Å². The number of hydrogen-bond acceptors (Lipinski definition) is 5. The second-order valence-electron chi connectivity index (χ2n) is 7.60. The maximum atomic E-state index is 13.8. The number of carbonyl (C=O) groups excluding carboxylic acids is 3. The molecule has 1 aliphatic heterocycles. The van der Waals surface area contributed by atoms with Crippen LogP contribution in [0, 0.1) is 0 Å². The third-order valence-electron chi connectivity index (χ3n) is 5.38. The van der Waals surface area contributed by atoms with E-state index in [1.165, 1.54) is 16.7 Å². The number of hydrogen-bond donors (Lipinski definition) is 1. The highest BCUT2D eigenvalue weighted by Gasteiger charge is 2.36. The van der Waals surface area contributed by atoms with Crippen LogP contribution >= 0.6 is 23.4 Å². The quantitative estimate of drug-likeness (QED) is 0.422. The predicted octanol–water partition coefficient (Wildman–Crippen LogP) is 6.05. The van der Waals surface area contributed by atoms with Gasteiger partial charge in [-0.25, -0.2) is 4.79 Å². The summed E-state index contributed by atoms with van der Waals surface area (Å²) in [7, 11) is 0. The van der Waals surface area contributed by atoms with Gasteiger partial charge < -0.3 is 10.1 Å². The Hall–Kier alpha value is -3.29. The minimum Gasteiger partial charge on any atom is -0.462 e. The van der Waals surface area contributed by atoms with E-state index in [-0.39, 0.29) is 18.4 Å². The molecule has 0 fully saturated rings. The van der Waals surface area contributed by atoms with Crippen molar-refractivity contribution in [3.8, 4) is 0 Å². The Morgan fingerprint density at radius 2 is 1.82 bits per heavy atom. The molecule has 0 saturated carbocycles. The van der Waals surface area contributed by atoms with Crippen molar-refractivity contribution in [2.45, 2.75) is 36.1 Å². The maximum Gasteiger partial charge on any atom is 0.338 e. The summed E-state index contributed by atoms with van der Waals surface area (Å²) in [6, 6.07) is 18.4. The SMILES string of the molecule is CCOC(=O)c1ccc2c(c1)N(C(CC)C(=O)Nc1cccc(Cl)c1)C(=O)c1ccccc1S2. The summed E-state index contributed by atoms with van der Waals surface area (Å²) in [5.41, 5.74) is 1.84. The van der Waals surface area contributed by atoms with Crippen LogP contribution in [0.1, 0.15) is 41.0 Å². The standard InChI is InChI=1S/C26H23ClN2O4S/c1-3-20(24(30)28-18-9-7-8-17(27)15-18)29-21-14-16(26(32)33-4-2)12-13-23(21)34-22-11-6-5-10-19(22)25(29)31/h5-15,20H,3-4H2,1-2H3,(H,28,30). The van der Waals surface area contributed by atoms with E-state index < -0.39 is 12.0 Å². The predicted molar refractivity (Wildman–Crippen MR) is 134 cm³/mol. The first-order chi connectivity index (χ1) is 16.4. The molecule has 4 rings (SSSR count). The fraction of sp³-hybridized carbons (Fsp3) is 0.192. The van der Waals surface area contributed by atoms with Crippen molar-refractivity contribution >= 4 is 52.5 Å². The van der Waals surface area contributed by atoms with Crippen LogP contribution in [0.15, 0.2) is 76.5 Å². The number of rotatable bonds is 6. The van der Waals surface area contributed by atoms with E-state index in [0.29, 0.717) is 33.9 Å². The largest absolute Gasteiger partial charge is 0.462 e. The molecule has 0 aromatic heterocycles. The minimum absolute atomic E-state index is 0.235. The molecule has 0 bridgehead atoms. The van der Waals surface area contributed by atoms with Crippen molar-refractivity contribution in [1.82, 2.24) is 0 Å². The Kier molecular flexibility index (Phi) is 7.24. The number of anilines is 2. The molecular formula is C26H23ClN2O4S. The third-order valence-corrected chi connectivity index (χ3v) is 6.76. The normalized spacial score (nSPS) is 13.4. The Balaban J connectivity index is 1.81. The van der Waals surface area contributed by atoms with Crippen molar-refractivity contribution in [2.75, 3.05) is 16.8 Å². The Morgan fingerprint density at radius 1 is 1.03 bits per heavy atom. The molecule has 34 heavy (non-hydrogen) atoms. The second kappa shape index (κ2) is 10.3. The highest BCUT2D eigenvalue weighted by Crippen LogP contribution is 2.43. The molecule has 0 radical (unpaired) electrons. The van der Waals surface area contributed by atoms with Gasteiger partial charge in [-0.3, -0.25) is 14.5 Å². The van der Waals surface area contributed by atoms with Crippen LogP contribution in [-0.4, -0.2) is 30.4 Å². The summed E-state index contributed by atoms with van der Waals surface area (Å²) in [5.74, 6) is -1.15. The van der Waals surface area contributed by atoms with Gasteiger partial charge in [0.25, 0.3) is 5.91 Å². The number of amides is 2. The summed E-state index contributed by atoms with van der Waals surface area (Å²) in [5, 5.41) is 3.36. The van der Waals surface area contributed by atoms with Gasteiger partial charge in [-0.15, -0.1) is 0 Å². The van der Waals surface area contributed by atoms with Crippen molar-refractivity contribution in [2.24, 2.45) is 0 Å². The average Bonchev–Trinajstić information content (AvgIpc) is 2.94. The van der Waals surface area contributed by atoms with E-state index in [2.05, 4.69) is 5.32 Å². The molecule has 1 N–H and O–H groups in total. The number of benzene rings is 3. The lowest BCUT2D eigenvalue weighted by molar-refractivity contribution is -0.117. The molecule has 3 aromatic rings. The summed E-state index contributed by atoms with van der Waals surface area (Å²) in [4.78, 5) is 42.7. The van der Waals surface area contributed by atoms with Gasteiger partial charge in [0.2, 0.25) is 5.91 Å². The topological polar surface area (TPSA) is 75.7 Å². The molecule has 6 nitrogen and oxygen atoms in total. The van der Waals surface area contributed by atoms with E-state index in [0.717, 1.165) is 9.79 Å². The first kappa shape index (κ1) is 23.9. The lowest BCUT2D eigenvalue weighted by atomic mass is 10.1. The average molecular weight is 495 g/mol. The fourth-order valence-electron chi connectivity index (χ4n) is 3.81. The molecule has 1 heterocycles. The molecule has 3 aromatic carbocycles. The summed E-state index contributed by atoms with van der Waals surface area (Å²) in [6.07, 6.45) is 0.355. The van der Waals surface area contributed by atoms with Gasteiger partial charge >= 0.3 is 5.97 Å². The lowest BCUT2D eigenvalue weighted by Crippen LogP contribution is -2.47. The van der Waals surface area contributed by atoms with Crippen molar-refractivity contribution in [3.63, 3.8) is 0 Å². The summed E-state index contributed by atoms with van der Waals surface area (Å²) < 4.78 is 5.16. The number of carbonyl (C=O) groups is 3. The molecule has 174 valence electrons. The molecule has 0 saturated heterocycles.